The second-order valence-corrected chi connectivity index (χ2v) is 5.72. The molecule has 2 heterocycles. The molecule has 0 saturated carbocycles. The highest BCUT2D eigenvalue weighted by Gasteiger charge is 2.10. The van der Waals surface area contributed by atoms with Crippen molar-refractivity contribution < 1.29 is 14.7 Å². The van der Waals surface area contributed by atoms with Crippen LogP contribution in [0.5, 0.6) is 0 Å². The molecule has 1 atom stereocenters. The number of rotatable bonds is 7. The van der Waals surface area contributed by atoms with Gasteiger partial charge in [0.05, 0.1) is 12.1 Å². The van der Waals surface area contributed by atoms with Gasteiger partial charge in [0.15, 0.2) is 4.96 Å². The Morgan fingerprint density at radius 1 is 1.55 bits per heavy atom. The van der Waals surface area contributed by atoms with E-state index in [0.717, 1.165) is 10.7 Å². The Balaban J connectivity index is 1.75. The summed E-state index contributed by atoms with van der Waals surface area (Å²) in [4.78, 5) is 27.4. The lowest BCUT2D eigenvalue weighted by Crippen LogP contribution is -2.29. The van der Waals surface area contributed by atoms with E-state index in [1.165, 1.54) is 11.3 Å². The highest BCUT2D eigenvalue weighted by Crippen LogP contribution is 2.11. The summed E-state index contributed by atoms with van der Waals surface area (Å²) in [5.41, 5.74) is 0.743. The van der Waals surface area contributed by atoms with E-state index in [0.29, 0.717) is 13.0 Å². The van der Waals surface area contributed by atoms with Crippen LogP contribution in [0.25, 0.3) is 4.96 Å². The Morgan fingerprint density at radius 2 is 2.35 bits per heavy atom. The maximum Gasteiger partial charge on any atom is 0.303 e. The second kappa shape index (κ2) is 6.51. The number of hydrogen-bond donors (Lipinski definition) is 2. The molecule has 0 aromatic carbocycles. The molecule has 2 aromatic heterocycles. The third-order valence-corrected chi connectivity index (χ3v) is 3.75. The molecule has 7 heteroatoms. The summed E-state index contributed by atoms with van der Waals surface area (Å²) >= 11 is 1.53. The molecule has 0 fully saturated rings. The van der Waals surface area contributed by atoms with E-state index in [2.05, 4.69) is 10.3 Å². The number of hydrogen-bond acceptors (Lipinski definition) is 4. The first-order valence-corrected chi connectivity index (χ1v) is 7.32. The van der Waals surface area contributed by atoms with Gasteiger partial charge >= 0.3 is 5.97 Å². The quantitative estimate of drug-likeness (QED) is 0.812. The minimum atomic E-state index is -0.804. The summed E-state index contributed by atoms with van der Waals surface area (Å²) in [5.74, 6) is -0.736. The van der Waals surface area contributed by atoms with Crippen LogP contribution in [0.15, 0.2) is 17.8 Å². The molecule has 1 unspecified atom stereocenters. The second-order valence-electron chi connectivity index (χ2n) is 4.84. The molecule has 0 radical (unpaired) electrons. The Bertz CT molecular complexity index is 576. The predicted molar refractivity (Wildman–Crippen MR) is 75.8 cm³/mol. The van der Waals surface area contributed by atoms with E-state index < -0.39 is 5.97 Å². The Hall–Kier alpha value is -1.89. The number of thiazole rings is 1. The predicted octanol–water partition coefficient (Wildman–Crippen LogP) is 1.56. The highest BCUT2D eigenvalue weighted by molar-refractivity contribution is 7.15. The fraction of sp³-hybridized carbons (Fsp3) is 0.462. The first-order valence-electron chi connectivity index (χ1n) is 6.44. The van der Waals surface area contributed by atoms with E-state index in [1.807, 2.05) is 29.1 Å². The third-order valence-electron chi connectivity index (χ3n) is 2.98. The highest BCUT2D eigenvalue weighted by atomic mass is 32.1. The van der Waals surface area contributed by atoms with Crippen molar-refractivity contribution in [2.45, 2.75) is 26.2 Å². The average molecular weight is 295 g/mol. The van der Waals surface area contributed by atoms with Gasteiger partial charge in [-0.25, -0.2) is 4.98 Å². The zero-order chi connectivity index (χ0) is 14.5. The van der Waals surface area contributed by atoms with E-state index in [9.17, 15) is 9.59 Å². The number of aliphatic carboxylic acids is 1. The van der Waals surface area contributed by atoms with Crippen LogP contribution in [-0.4, -0.2) is 32.9 Å². The van der Waals surface area contributed by atoms with E-state index in [-0.39, 0.29) is 24.7 Å². The van der Waals surface area contributed by atoms with Gasteiger partial charge in [-0.1, -0.05) is 6.92 Å². The summed E-state index contributed by atoms with van der Waals surface area (Å²) in [6, 6.07) is 0. The minimum absolute atomic E-state index is 0.0853. The van der Waals surface area contributed by atoms with Gasteiger partial charge in [-0.2, -0.15) is 0 Å². The molecule has 0 aliphatic heterocycles. The molecule has 2 N–H and O–H groups in total. The molecule has 6 nitrogen and oxygen atoms in total. The van der Waals surface area contributed by atoms with Crippen molar-refractivity contribution in [3.8, 4) is 0 Å². The summed E-state index contributed by atoms with van der Waals surface area (Å²) in [5, 5.41) is 13.3. The molecular weight excluding hydrogens is 278 g/mol. The maximum atomic E-state index is 11.8. The average Bonchev–Trinajstić information content (AvgIpc) is 2.94. The Morgan fingerprint density at radius 3 is 3.05 bits per heavy atom. The number of imidazole rings is 1. The number of aromatic nitrogens is 2. The Kier molecular flexibility index (Phi) is 4.73. The van der Waals surface area contributed by atoms with Crippen molar-refractivity contribution in [3.63, 3.8) is 0 Å². The van der Waals surface area contributed by atoms with Crippen molar-refractivity contribution in [3.05, 3.63) is 23.5 Å². The summed E-state index contributed by atoms with van der Waals surface area (Å²) in [6.45, 7) is 2.42. The van der Waals surface area contributed by atoms with Gasteiger partial charge in [-0.3, -0.25) is 14.0 Å². The zero-order valence-electron chi connectivity index (χ0n) is 11.2. The van der Waals surface area contributed by atoms with Crippen molar-refractivity contribution in [1.82, 2.24) is 14.7 Å². The van der Waals surface area contributed by atoms with Crippen LogP contribution in [-0.2, 0) is 16.0 Å². The van der Waals surface area contributed by atoms with Gasteiger partial charge in [-0.05, 0) is 12.3 Å². The fourth-order valence-electron chi connectivity index (χ4n) is 1.85. The van der Waals surface area contributed by atoms with Crippen LogP contribution in [0, 0.1) is 5.92 Å². The maximum absolute atomic E-state index is 11.8. The summed E-state index contributed by atoms with van der Waals surface area (Å²) in [6.07, 6.45) is 4.70. The van der Waals surface area contributed by atoms with Crippen molar-refractivity contribution >= 4 is 28.2 Å². The lowest BCUT2D eigenvalue weighted by molar-refractivity contribution is -0.137. The van der Waals surface area contributed by atoms with E-state index in [4.69, 9.17) is 5.11 Å². The van der Waals surface area contributed by atoms with Gasteiger partial charge in [0.25, 0.3) is 0 Å². The SMILES string of the molecule is CC(CCC(=O)O)CNC(=O)Cc1cn2ccsc2n1. The number of carbonyl (C=O) groups is 2. The smallest absolute Gasteiger partial charge is 0.303 e. The molecule has 0 spiro atoms. The van der Waals surface area contributed by atoms with Crippen molar-refractivity contribution in [2.75, 3.05) is 6.54 Å². The monoisotopic (exact) mass is 295 g/mol. The molecular formula is C13H17N3O3S. The van der Waals surface area contributed by atoms with E-state index >= 15 is 0 Å². The first-order chi connectivity index (χ1) is 9.54. The van der Waals surface area contributed by atoms with Gasteiger partial charge < -0.3 is 10.4 Å². The van der Waals surface area contributed by atoms with Crippen molar-refractivity contribution in [1.29, 1.82) is 0 Å². The topological polar surface area (TPSA) is 83.7 Å². The largest absolute Gasteiger partial charge is 0.481 e. The number of carbonyl (C=O) groups excluding carboxylic acids is 1. The molecule has 1 amide bonds. The number of nitrogens with one attached hydrogen (secondary N) is 1. The standard InChI is InChI=1S/C13H17N3O3S/c1-9(2-3-12(18)19)7-14-11(17)6-10-8-16-4-5-20-13(16)15-10/h4-5,8-9H,2-3,6-7H2,1H3,(H,14,17)(H,18,19). The van der Waals surface area contributed by atoms with Gasteiger partial charge in [0, 0.05) is 30.7 Å². The molecule has 2 rings (SSSR count). The summed E-state index contributed by atoms with van der Waals surface area (Å²) < 4.78 is 1.89. The van der Waals surface area contributed by atoms with Crippen molar-refractivity contribution in [2.24, 2.45) is 5.92 Å². The minimum Gasteiger partial charge on any atom is -0.481 e. The molecule has 0 aliphatic rings. The third kappa shape index (κ3) is 4.06. The number of amides is 1. The molecule has 0 bridgehead atoms. The molecule has 2 aromatic rings. The van der Waals surface area contributed by atoms with Gasteiger partial charge in [0.2, 0.25) is 5.91 Å². The lowest BCUT2D eigenvalue weighted by Gasteiger charge is -2.10. The van der Waals surface area contributed by atoms with Gasteiger partial charge in [0.1, 0.15) is 0 Å². The number of nitrogens with zero attached hydrogens (tertiary/aromatic N) is 2. The van der Waals surface area contributed by atoms with Crippen LogP contribution in [0.1, 0.15) is 25.5 Å². The van der Waals surface area contributed by atoms with Crippen LogP contribution < -0.4 is 5.32 Å². The van der Waals surface area contributed by atoms with Crippen LogP contribution >= 0.6 is 11.3 Å². The number of carboxylic acid groups (broad SMARTS) is 1. The molecule has 20 heavy (non-hydrogen) atoms. The number of fused-ring (bicyclic) bond motifs is 1. The van der Waals surface area contributed by atoms with Crippen LogP contribution in [0.3, 0.4) is 0 Å². The molecule has 0 saturated heterocycles. The number of carboxylic acids is 1. The van der Waals surface area contributed by atoms with Gasteiger partial charge in [-0.15, -0.1) is 11.3 Å². The molecule has 108 valence electrons. The molecule has 0 aliphatic carbocycles. The fourth-order valence-corrected chi connectivity index (χ4v) is 2.57. The summed E-state index contributed by atoms with van der Waals surface area (Å²) in [7, 11) is 0. The Labute approximate surface area is 120 Å². The van der Waals surface area contributed by atoms with Crippen LogP contribution in [0.4, 0.5) is 0 Å². The lowest BCUT2D eigenvalue weighted by atomic mass is 10.1. The zero-order valence-corrected chi connectivity index (χ0v) is 12.0. The first kappa shape index (κ1) is 14.5. The van der Waals surface area contributed by atoms with E-state index in [1.54, 1.807) is 0 Å². The van der Waals surface area contributed by atoms with Crippen LogP contribution in [0.2, 0.25) is 0 Å². The normalized spacial score (nSPS) is 12.4.